The lowest BCUT2D eigenvalue weighted by molar-refractivity contribution is 0.292. The van der Waals surface area contributed by atoms with Crippen LogP contribution < -0.4 is 14.2 Å². The summed E-state index contributed by atoms with van der Waals surface area (Å²) in [6, 6.07) is 4.66. The third kappa shape index (κ3) is 4.87. The van der Waals surface area contributed by atoms with Crippen molar-refractivity contribution in [3.05, 3.63) is 65.4 Å². The van der Waals surface area contributed by atoms with Gasteiger partial charge in [-0.15, -0.1) is 0 Å². The van der Waals surface area contributed by atoms with E-state index in [9.17, 15) is 13.0 Å². The second-order valence-electron chi connectivity index (χ2n) is 7.95. The van der Waals surface area contributed by atoms with E-state index >= 15 is 4.39 Å². The van der Waals surface area contributed by atoms with Gasteiger partial charge in [-0.3, -0.25) is 5.10 Å². The number of aromatic nitrogens is 4. The van der Waals surface area contributed by atoms with Crippen molar-refractivity contribution in [1.29, 1.82) is 0 Å². The number of fused-ring (bicyclic) bond motifs is 1. The van der Waals surface area contributed by atoms with Gasteiger partial charge in [-0.05, 0) is 36.1 Å². The molecule has 3 aromatic heterocycles. The molecule has 2 N–H and O–H groups in total. The number of halogens is 3. The number of nitrogens with one attached hydrogen (secondary N) is 2. The van der Waals surface area contributed by atoms with Crippen LogP contribution in [0.1, 0.15) is 31.0 Å². The van der Waals surface area contributed by atoms with Crippen LogP contribution in [-0.2, 0) is 16.3 Å². The fourth-order valence-corrected chi connectivity index (χ4v) is 4.76. The van der Waals surface area contributed by atoms with Gasteiger partial charge in [0.25, 0.3) is 0 Å². The molecular formula is C23H22F3N5O3S. The van der Waals surface area contributed by atoms with Crippen molar-refractivity contribution in [3.63, 3.8) is 0 Å². The molecule has 0 fully saturated rings. The summed E-state index contributed by atoms with van der Waals surface area (Å²) in [4.78, 5) is 7.71. The second kappa shape index (κ2) is 9.45. The minimum atomic E-state index is -3.53. The lowest BCUT2D eigenvalue weighted by atomic mass is 10.1. The number of ether oxygens (including phenoxy) is 2. The third-order valence-electron chi connectivity index (χ3n) is 5.17. The zero-order valence-electron chi connectivity index (χ0n) is 19.1. The largest absolute Gasteiger partial charge is 0.487 e. The van der Waals surface area contributed by atoms with Gasteiger partial charge < -0.3 is 14.2 Å². The van der Waals surface area contributed by atoms with E-state index in [2.05, 4.69) is 30.8 Å². The first-order valence-corrected chi connectivity index (χ1v) is 12.1. The molecule has 1 atom stereocenters. The summed E-state index contributed by atoms with van der Waals surface area (Å²) < 4.78 is 69.6. The predicted octanol–water partition coefficient (Wildman–Crippen LogP) is 4.58. The van der Waals surface area contributed by atoms with Gasteiger partial charge in [0, 0.05) is 11.1 Å². The number of hydrogen-bond donors (Lipinski definition) is 2. The molecule has 8 nitrogen and oxygen atoms in total. The predicted molar refractivity (Wildman–Crippen MR) is 127 cm³/mol. The van der Waals surface area contributed by atoms with Gasteiger partial charge in [-0.1, -0.05) is 13.8 Å². The van der Waals surface area contributed by atoms with Crippen LogP contribution in [0.2, 0.25) is 0 Å². The van der Waals surface area contributed by atoms with E-state index in [4.69, 9.17) is 9.47 Å². The highest BCUT2D eigenvalue weighted by Gasteiger charge is 2.21. The molecule has 35 heavy (non-hydrogen) atoms. The summed E-state index contributed by atoms with van der Waals surface area (Å²) in [5.74, 6) is 1.15. The first-order chi connectivity index (χ1) is 16.6. The maximum absolute atomic E-state index is 15.2. The van der Waals surface area contributed by atoms with Crippen LogP contribution in [0.25, 0.3) is 11.0 Å². The van der Waals surface area contributed by atoms with E-state index in [1.165, 1.54) is 13.3 Å². The van der Waals surface area contributed by atoms with Gasteiger partial charge in [-0.25, -0.2) is 27.3 Å². The van der Waals surface area contributed by atoms with E-state index in [0.29, 0.717) is 5.65 Å². The monoisotopic (exact) mass is 505 g/mol. The van der Waals surface area contributed by atoms with Crippen LogP contribution in [0.3, 0.4) is 0 Å². The lowest BCUT2D eigenvalue weighted by Crippen LogP contribution is -2.17. The van der Waals surface area contributed by atoms with Crippen LogP contribution in [-0.4, -0.2) is 37.4 Å². The third-order valence-corrected chi connectivity index (χ3v) is 6.72. The molecule has 12 heteroatoms. The maximum atomic E-state index is 15.2. The molecule has 4 aromatic rings. The summed E-state index contributed by atoms with van der Waals surface area (Å²) in [6.45, 7) is 3.50. The van der Waals surface area contributed by atoms with Crippen molar-refractivity contribution in [2.75, 3.05) is 11.8 Å². The summed E-state index contributed by atoms with van der Waals surface area (Å²) >= 11 is 0. The Bertz CT molecular complexity index is 1510. The number of hydrogen-bond acceptors (Lipinski definition) is 6. The van der Waals surface area contributed by atoms with Crippen LogP contribution in [0.4, 0.5) is 18.9 Å². The zero-order valence-corrected chi connectivity index (χ0v) is 19.9. The van der Waals surface area contributed by atoms with E-state index < -0.39 is 39.3 Å². The number of rotatable bonds is 8. The molecule has 3 heterocycles. The molecule has 4 rings (SSSR count). The molecule has 0 radical (unpaired) electrons. The molecule has 0 aliphatic rings. The van der Waals surface area contributed by atoms with Crippen molar-refractivity contribution in [2.24, 2.45) is 0 Å². The molecule has 1 aromatic carbocycles. The highest BCUT2D eigenvalue weighted by atomic mass is 32.2. The van der Waals surface area contributed by atoms with Gasteiger partial charge in [-0.2, -0.15) is 5.10 Å². The van der Waals surface area contributed by atoms with Gasteiger partial charge in [0.2, 0.25) is 5.88 Å². The number of H-pyrrole nitrogens is 1. The molecule has 0 amide bonds. The minimum absolute atomic E-state index is 0.145. The average molecular weight is 506 g/mol. The van der Waals surface area contributed by atoms with Crippen molar-refractivity contribution < 1.29 is 26.9 Å². The van der Waals surface area contributed by atoms with Crippen LogP contribution >= 0.6 is 0 Å². The summed E-state index contributed by atoms with van der Waals surface area (Å²) in [5, 5.41) is 7.79. The van der Waals surface area contributed by atoms with E-state index in [-0.39, 0.29) is 28.1 Å². The SMILES string of the molecule is C=S(=O)(Nc1ccc(F)c(COc2cnc3n[nH]c(C(C)C)c3c2)c1F)c1cc(F)cnc1OC. The Morgan fingerprint density at radius 1 is 1.17 bits per heavy atom. The smallest absolute Gasteiger partial charge is 0.231 e. The molecule has 0 spiro atoms. The number of pyridine rings is 2. The number of aromatic amines is 1. The summed E-state index contributed by atoms with van der Waals surface area (Å²) in [5.41, 5.74) is 0.624. The molecule has 1 unspecified atom stereocenters. The molecule has 0 aliphatic carbocycles. The van der Waals surface area contributed by atoms with Crippen molar-refractivity contribution in [3.8, 4) is 11.6 Å². The van der Waals surface area contributed by atoms with Crippen LogP contribution in [0.15, 0.2) is 41.6 Å². The Morgan fingerprint density at radius 2 is 1.94 bits per heavy atom. The Hall–Kier alpha value is -3.80. The Morgan fingerprint density at radius 3 is 2.66 bits per heavy atom. The standard InChI is InChI=1S/C23H22F3N5O3S/c1-12(2)21-15-8-14(10-27-22(15)30-29-21)34-11-16-17(25)5-6-18(20(16)26)31-35(4,32)19-7-13(24)9-28-23(19)33-3/h5-10,12H,4,11H2,1-3H3,(H,31,32)(H,27,29,30). The lowest BCUT2D eigenvalue weighted by Gasteiger charge is -2.17. The maximum Gasteiger partial charge on any atom is 0.231 e. The molecule has 0 aliphatic heterocycles. The van der Waals surface area contributed by atoms with Crippen molar-refractivity contribution >= 4 is 32.3 Å². The number of methoxy groups -OCH3 is 1. The highest BCUT2D eigenvalue weighted by Crippen LogP contribution is 2.29. The second-order valence-corrected chi connectivity index (χ2v) is 9.94. The Balaban J connectivity index is 1.61. The topological polar surface area (TPSA) is 102 Å². The fourth-order valence-electron chi connectivity index (χ4n) is 3.41. The van der Waals surface area contributed by atoms with E-state index in [1.807, 2.05) is 13.8 Å². The molecule has 0 saturated carbocycles. The summed E-state index contributed by atoms with van der Waals surface area (Å²) in [7, 11) is -2.27. The average Bonchev–Trinajstić information content (AvgIpc) is 3.24. The number of anilines is 1. The number of benzene rings is 1. The molecule has 184 valence electrons. The normalized spacial score (nSPS) is 13.1. The zero-order chi connectivity index (χ0) is 25.3. The Labute approximate surface area is 199 Å². The van der Waals surface area contributed by atoms with Crippen molar-refractivity contribution in [1.82, 2.24) is 20.2 Å². The van der Waals surface area contributed by atoms with Crippen LogP contribution in [0, 0.1) is 17.5 Å². The molecular weight excluding hydrogens is 483 g/mol. The molecule has 0 bridgehead atoms. The number of nitrogens with zero attached hydrogens (tertiary/aromatic N) is 3. The van der Waals surface area contributed by atoms with Gasteiger partial charge >= 0.3 is 0 Å². The summed E-state index contributed by atoms with van der Waals surface area (Å²) in [6.07, 6.45) is 2.28. The fraction of sp³-hybridized carbons (Fsp3) is 0.217. The van der Waals surface area contributed by atoms with E-state index in [0.717, 1.165) is 35.5 Å². The van der Waals surface area contributed by atoms with Gasteiger partial charge in [0.05, 0.1) is 40.5 Å². The van der Waals surface area contributed by atoms with Crippen molar-refractivity contribution in [2.45, 2.75) is 31.3 Å². The highest BCUT2D eigenvalue weighted by molar-refractivity contribution is 8.01. The minimum Gasteiger partial charge on any atom is -0.487 e. The van der Waals surface area contributed by atoms with Crippen LogP contribution in [0.5, 0.6) is 11.6 Å². The first-order valence-electron chi connectivity index (χ1n) is 10.4. The van der Waals surface area contributed by atoms with Gasteiger partial charge in [0.1, 0.15) is 28.9 Å². The Kier molecular flexibility index (Phi) is 6.57. The first kappa shape index (κ1) is 24.3. The van der Waals surface area contributed by atoms with E-state index in [1.54, 1.807) is 6.07 Å². The van der Waals surface area contributed by atoms with Gasteiger partial charge in [0.15, 0.2) is 11.5 Å². The molecule has 0 saturated heterocycles. The quantitative estimate of drug-likeness (QED) is 0.340.